The third-order valence-electron chi connectivity index (χ3n) is 3.36. The molecule has 0 aliphatic heterocycles. The molecule has 3 nitrogen and oxygen atoms in total. The minimum absolute atomic E-state index is 0.618. The minimum atomic E-state index is 0.618. The summed E-state index contributed by atoms with van der Waals surface area (Å²) in [7, 11) is 0. The standard InChI is InChI=1S/C14H24N2OS/c1-3-8-15-9-11-6-5-7-12-14(11)16-13(18-12)10-17-4-2/h11,15H,3-10H2,1-2H3. The summed E-state index contributed by atoms with van der Waals surface area (Å²) >= 11 is 1.85. The number of aryl methyl sites for hydroxylation is 1. The van der Waals surface area contributed by atoms with E-state index in [1.807, 2.05) is 18.3 Å². The number of nitrogens with zero attached hydrogens (tertiary/aromatic N) is 1. The fourth-order valence-corrected chi connectivity index (χ4v) is 3.59. The molecule has 1 aromatic rings. The molecule has 1 aliphatic rings. The molecule has 4 heteroatoms. The summed E-state index contributed by atoms with van der Waals surface area (Å²) in [4.78, 5) is 6.30. The Labute approximate surface area is 114 Å². The van der Waals surface area contributed by atoms with E-state index in [1.165, 1.54) is 36.3 Å². The van der Waals surface area contributed by atoms with Gasteiger partial charge >= 0.3 is 0 Å². The van der Waals surface area contributed by atoms with E-state index in [2.05, 4.69) is 12.2 Å². The van der Waals surface area contributed by atoms with Gasteiger partial charge in [0.05, 0.1) is 12.3 Å². The molecule has 0 saturated heterocycles. The highest BCUT2D eigenvalue weighted by Gasteiger charge is 2.24. The number of thiazole rings is 1. The summed E-state index contributed by atoms with van der Waals surface area (Å²) in [5, 5.41) is 4.69. The molecule has 1 unspecified atom stereocenters. The van der Waals surface area contributed by atoms with E-state index >= 15 is 0 Å². The molecule has 0 fully saturated rings. The Morgan fingerprint density at radius 2 is 2.33 bits per heavy atom. The second-order valence-electron chi connectivity index (χ2n) is 4.85. The van der Waals surface area contributed by atoms with Crippen LogP contribution in [-0.4, -0.2) is 24.7 Å². The summed E-state index contributed by atoms with van der Waals surface area (Å²) in [6, 6.07) is 0. The molecule has 0 aromatic carbocycles. The van der Waals surface area contributed by atoms with Crippen molar-refractivity contribution in [1.29, 1.82) is 0 Å². The van der Waals surface area contributed by atoms with Crippen LogP contribution in [0, 0.1) is 0 Å². The maximum atomic E-state index is 5.46. The minimum Gasteiger partial charge on any atom is -0.375 e. The number of aromatic nitrogens is 1. The predicted molar refractivity (Wildman–Crippen MR) is 76.3 cm³/mol. The maximum absolute atomic E-state index is 5.46. The van der Waals surface area contributed by atoms with E-state index in [1.54, 1.807) is 0 Å². The quantitative estimate of drug-likeness (QED) is 0.772. The van der Waals surface area contributed by atoms with Crippen molar-refractivity contribution < 1.29 is 4.74 Å². The van der Waals surface area contributed by atoms with E-state index in [0.717, 1.165) is 24.7 Å². The summed E-state index contributed by atoms with van der Waals surface area (Å²) in [6.45, 7) is 7.89. The van der Waals surface area contributed by atoms with Crippen LogP contribution in [-0.2, 0) is 17.8 Å². The van der Waals surface area contributed by atoms with Crippen LogP contribution in [0.3, 0.4) is 0 Å². The van der Waals surface area contributed by atoms with Crippen molar-refractivity contribution in [3.63, 3.8) is 0 Å². The summed E-state index contributed by atoms with van der Waals surface area (Å²) in [6.07, 6.45) is 5.00. The Morgan fingerprint density at radius 3 is 3.11 bits per heavy atom. The second kappa shape index (κ2) is 7.22. The van der Waals surface area contributed by atoms with Crippen molar-refractivity contribution in [3.8, 4) is 0 Å². The van der Waals surface area contributed by atoms with E-state index in [9.17, 15) is 0 Å². The number of nitrogens with one attached hydrogen (secondary N) is 1. The van der Waals surface area contributed by atoms with Crippen LogP contribution in [0.15, 0.2) is 0 Å². The van der Waals surface area contributed by atoms with Crippen LogP contribution < -0.4 is 5.32 Å². The molecule has 1 atom stereocenters. The van der Waals surface area contributed by atoms with Gasteiger partial charge in [-0.1, -0.05) is 6.92 Å². The molecular weight excluding hydrogens is 244 g/mol. The average molecular weight is 268 g/mol. The monoisotopic (exact) mass is 268 g/mol. The molecule has 1 N–H and O–H groups in total. The molecule has 0 amide bonds. The van der Waals surface area contributed by atoms with Crippen LogP contribution in [0.25, 0.3) is 0 Å². The zero-order valence-corrected chi connectivity index (χ0v) is 12.3. The molecular formula is C14H24N2OS. The van der Waals surface area contributed by atoms with Gasteiger partial charge in [0, 0.05) is 23.9 Å². The first kappa shape index (κ1) is 14.0. The normalized spacial score (nSPS) is 18.9. The highest BCUT2D eigenvalue weighted by molar-refractivity contribution is 7.11. The lowest BCUT2D eigenvalue weighted by Crippen LogP contribution is -2.24. The van der Waals surface area contributed by atoms with Crippen LogP contribution in [0.1, 0.15) is 54.6 Å². The lowest BCUT2D eigenvalue weighted by molar-refractivity contribution is 0.133. The van der Waals surface area contributed by atoms with E-state index < -0.39 is 0 Å². The van der Waals surface area contributed by atoms with Gasteiger partial charge in [0.2, 0.25) is 0 Å². The molecule has 102 valence electrons. The Bertz CT molecular complexity index is 365. The smallest absolute Gasteiger partial charge is 0.119 e. The van der Waals surface area contributed by atoms with Gasteiger partial charge in [0.25, 0.3) is 0 Å². The third-order valence-corrected chi connectivity index (χ3v) is 4.47. The largest absolute Gasteiger partial charge is 0.375 e. The Morgan fingerprint density at radius 1 is 1.44 bits per heavy atom. The van der Waals surface area contributed by atoms with Gasteiger partial charge < -0.3 is 10.1 Å². The van der Waals surface area contributed by atoms with Crippen molar-refractivity contribution in [3.05, 3.63) is 15.6 Å². The molecule has 1 aromatic heterocycles. The predicted octanol–water partition coefficient (Wildman–Crippen LogP) is 3.10. The topological polar surface area (TPSA) is 34.1 Å². The lowest BCUT2D eigenvalue weighted by atomic mass is 9.91. The lowest BCUT2D eigenvalue weighted by Gasteiger charge is -2.21. The molecule has 2 rings (SSSR count). The van der Waals surface area contributed by atoms with Gasteiger partial charge in [0.1, 0.15) is 5.01 Å². The average Bonchev–Trinajstić information content (AvgIpc) is 2.80. The number of ether oxygens (including phenoxy) is 1. The van der Waals surface area contributed by atoms with Crippen molar-refractivity contribution in [2.24, 2.45) is 0 Å². The number of hydrogen-bond acceptors (Lipinski definition) is 4. The zero-order valence-electron chi connectivity index (χ0n) is 11.5. The van der Waals surface area contributed by atoms with Crippen LogP contribution in [0.5, 0.6) is 0 Å². The van der Waals surface area contributed by atoms with Gasteiger partial charge in [-0.2, -0.15) is 0 Å². The van der Waals surface area contributed by atoms with Crippen LogP contribution in [0.2, 0.25) is 0 Å². The van der Waals surface area contributed by atoms with Gasteiger partial charge in [-0.15, -0.1) is 11.3 Å². The summed E-state index contributed by atoms with van der Waals surface area (Å²) in [5.41, 5.74) is 1.35. The van der Waals surface area contributed by atoms with E-state index in [-0.39, 0.29) is 0 Å². The SMILES string of the molecule is CCCNCC1CCCc2sc(COCC)nc21. The van der Waals surface area contributed by atoms with Crippen LogP contribution in [0.4, 0.5) is 0 Å². The summed E-state index contributed by atoms with van der Waals surface area (Å²) in [5.74, 6) is 0.618. The first-order valence-electron chi connectivity index (χ1n) is 7.12. The highest BCUT2D eigenvalue weighted by atomic mass is 32.1. The maximum Gasteiger partial charge on any atom is 0.119 e. The summed E-state index contributed by atoms with van der Waals surface area (Å²) < 4.78 is 5.46. The first-order chi connectivity index (χ1) is 8.85. The second-order valence-corrected chi connectivity index (χ2v) is 6.01. The Balaban J connectivity index is 1.98. The van der Waals surface area contributed by atoms with Crippen LogP contribution >= 0.6 is 11.3 Å². The third kappa shape index (κ3) is 3.53. The molecule has 0 saturated carbocycles. The Hall–Kier alpha value is -0.450. The van der Waals surface area contributed by atoms with Crippen molar-refractivity contribution in [2.45, 2.75) is 52.1 Å². The molecule has 0 bridgehead atoms. The van der Waals surface area contributed by atoms with Gasteiger partial charge in [-0.05, 0) is 39.2 Å². The van der Waals surface area contributed by atoms with E-state index in [4.69, 9.17) is 9.72 Å². The Kier molecular flexibility index (Phi) is 5.60. The molecule has 1 aliphatic carbocycles. The molecule has 0 radical (unpaired) electrons. The number of rotatable bonds is 7. The van der Waals surface area contributed by atoms with Crippen molar-refractivity contribution >= 4 is 11.3 Å². The van der Waals surface area contributed by atoms with Gasteiger partial charge in [-0.25, -0.2) is 4.98 Å². The molecule has 0 spiro atoms. The van der Waals surface area contributed by atoms with Crippen molar-refractivity contribution in [2.75, 3.05) is 19.7 Å². The molecule has 18 heavy (non-hydrogen) atoms. The fourth-order valence-electron chi connectivity index (χ4n) is 2.46. The van der Waals surface area contributed by atoms with E-state index in [0.29, 0.717) is 12.5 Å². The number of hydrogen-bond donors (Lipinski definition) is 1. The highest BCUT2D eigenvalue weighted by Crippen LogP contribution is 2.34. The van der Waals surface area contributed by atoms with Gasteiger partial charge in [-0.3, -0.25) is 0 Å². The number of fused-ring (bicyclic) bond motifs is 1. The first-order valence-corrected chi connectivity index (χ1v) is 7.93. The molecule has 1 heterocycles. The van der Waals surface area contributed by atoms with Crippen molar-refractivity contribution in [1.82, 2.24) is 10.3 Å². The van der Waals surface area contributed by atoms with Gasteiger partial charge in [0.15, 0.2) is 0 Å². The fraction of sp³-hybridized carbons (Fsp3) is 0.786. The zero-order chi connectivity index (χ0) is 12.8.